The minimum atomic E-state index is -0.464. The first kappa shape index (κ1) is 19.4. The molecule has 142 valence electrons. The largest absolute Gasteiger partial charge is 0.370 e. The molecule has 0 radical (unpaired) electrons. The number of amides is 2. The molecule has 3 rings (SSSR count). The Morgan fingerprint density at radius 3 is 2.50 bits per heavy atom. The quantitative estimate of drug-likeness (QED) is 0.733. The predicted molar refractivity (Wildman–Crippen MR) is 104 cm³/mol. The Labute approximate surface area is 163 Å². The molecule has 2 heterocycles. The van der Waals surface area contributed by atoms with Gasteiger partial charge in [0, 0.05) is 23.0 Å². The van der Waals surface area contributed by atoms with E-state index < -0.39 is 5.41 Å². The highest BCUT2D eigenvalue weighted by Gasteiger charge is 2.41. The summed E-state index contributed by atoms with van der Waals surface area (Å²) >= 11 is 3.44. The van der Waals surface area contributed by atoms with E-state index in [0.717, 1.165) is 22.9 Å². The van der Waals surface area contributed by atoms with Gasteiger partial charge in [0.25, 0.3) is 0 Å². The van der Waals surface area contributed by atoms with E-state index in [1.165, 1.54) is 0 Å². The van der Waals surface area contributed by atoms with Crippen molar-refractivity contribution < 1.29 is 14.3 Å². The van der Waals surface area contributed by atoms with E-state index in [0.29, 0.717) is 26.2 Å². The molecule has 26 heavy (non-hydrogen) atoms. The maximum Gasteiger partial charge on any atom is 0.245 e. The molecule has 5 nitrogen and oxygen atoms in total. The Morgan fingerprint density at radius 2 is 1.85 bits per heavy atom. The van der Waals surface area contributed by atoms with Crippen molar-refractivity contribution in [1.29, 1.82) is 0 Å². The minimum absolute atomic E-state index is 0.0607. The zero-order valence-electron chi connectivity index (χ0n) is 15.7. The summed E-state index contributed by atoms with van der Waals surface area (Å²) in [6.45, 7) is 8.04. The van der Waals surface area contributed by atoms with Crippen LogP contribution in [-0.4, -0.2) is 53.9 Å². The summed E-state index contributed by atoms with van der Waals surface area (Å²) < 4.78 is 6.91. The average Bonchev–Trinajstić information content (AvgIpc) is 3.09. The maximum atomic E-state index is 13.1. The third-order valence-corrected chi connectivity index (χ3v) is 5.59. The molecule has 2 aliphatic heterocycles. The second-order valence-corrected chi connectivity index (χ2v) is 9.02. The first-order valence-corrected chi connectivity index (χ1v) is 10.0. The average molecular weight is 423 g/mol. The van der Waals surface area contributed by atoms with E-state index in [-0.39, 0.29) is 24.0 Å². The Hall–Kier alpha value is -1.40. The van der Waals surface area contributed by atoms with E-state index in [1.807, 2.05) is 49.9 Å². The molecule has 0 N–H and O–H groups in total. The van der Waals surface area contributed by atoms with Crippen LogP contribution in [0.5, 0.6) is 0 Å². The molecule has 0 saturated carbocycles. The molecule has 2 amide bonds. The molecule has 2 atom stereocenters. The molecule has 0 aromatic heterocycles. The van der Waals surface area contributed by atoms with Crippen molar-refractivity contribution >= 4 is 27.7 Å². The molecule has 2 saturated heterocycles. The summed E-state index contributed by atoms with van der Waals surface area (Å²) in [5.74, 6) is 0.122. The van der Waals surface area contributed by atoms with Gasteiger partial charge in [0.2, 0.25) is 11.8 Å². The summed E-state index contributed by atoms with van der Waals surface area (Å²) in [4.78, 5) is 29.5. The normalized spacial score (nSPS) is 24.0. The SMILES string of the molecule is CC(C)(C)C(=O)N1CCCC1C(=O)N1CCOC(c2ccc(Br)cc2)C1. The van der Waals surface area contributed by atoms with Crippen molar-refractivity contribution in [2.24, 2.45) is 5.41 Å². The Balaban J connectivity index is 1.70. The second-order valence-electron chi connectivity index (χ2n) is 8.10. The molecule has 0 spiro atoms. The van der Waals surface area contributed by atoms with Crippen LogP contribution in [0.1, 0.15) is 45.3 Å². The first-order chi connectivity index (χ1) is 12.3. The van der Waals surface area contributed by atoms with Crippen LogP contribution in [0.3, 0.4) is 0 Å². The van der Waals surface area contributed by atoms with Crippen molar-refractivity contribution in [2.75, 3.05) is 26.2 Å². The fourth-order valence-electron chi connectivity index (χ4n) is 3.64. The van der Waals surface area contributed by atoms with Gasteiger partial charge >= 0.3 is 0 Å². The number of hydrogen-bond donors (Lipinski definition) is 0. The van der Waals surface area contributed by atoms with Crippen LogP contribution in [0.2, 0.25) is 0 Å². The highest BCUT2D eigenvalue weighted by molar-refractivity contribution is 9.10. The Kier molecular flexibility index (Phi) is 5.72. The number of likely N-dealkylation sites (tertiary alicyclic amines) is 1. The van der Waals surface area contributed by atoms with Gasteiger partial charge in [0.1, 0.15) is 12.1 Å². The smallest absolute Gasteiger partial charge is 0.245 e. The molecular weight excluding hydrogens is 396 g/mol. The van der Waals surface area contributed by atoms with Crippen molar-refractivity contribution in [2.45, 2.75) is 45.8 Å². The Morgan fingerprint density at radius 1 is 1.15 bits per heavy atom. The second kappa shape index (κ2) is 7.69. The fourth-order valence-corrected chi connectivity index (χ4v) is 3.90. The van der Waals surface area contributed by atoms with Crippen molar-refractivity contribution in [3.8, 4) is 0 Å². The molecule has 2 unspecified atom stereocenters. The molecule has 0 bridgehead atoms. The number of hydrogen-bond acceptors (Lipinski definition) is 3. The van der Waals surface area contributed by atoms with Crippen LogP contribution in [0.25, 0.3) is 0 Å². The maximum absolute atomic E-state index is 13.1. The van der Waals surface area contributed by atoms with Crippen LogP contribution < -0.4 is 0 Å². The number of benzene rings is 1. The first-order valence-electron chi connectivity index (χ1n) is 9.24. The Bertz CT molecular complexity index is 669. The monoisotopic (exact) mass is 422 g/mol. The van der Waals surface area contributed by atoms with Crippen LogP contribution in [0.4, 0.5) is 0 Å². The molecule has 2 fully saturated rings. The summed E-state index contributed by atoms with van der Waals surface area (Å²) in [6, 6.07) is 7.69. The number of nitrogens with zero attached hydrogens (tertiary/aromatic N) is 2. The van der Waals surface area contributed by atoms with Gasteiger partial charge in [-0.15, -0.1) is 0 Å². The fraction of sp³-hybridized carbons (Fsp3) is 0.600. The lowest BCUT2D eigenvalue weighted by molar-refractivity contribution is -0.152. The van der Waals surface area contributed by atoms with Gasteiger partial charge in [-0.25, -0.2) is 0 Å². The number of morpholine rings is 1. The summed E-state index contributed by atoms with van der Waals surface area (Å²) in [7, 11) is 0. The molecule has 6 heteroatoms. The summed E-state index contributed by atoms with van der Waals surface area (Å²) in [6.07, 6.45) is 1.52. The van der Waals surface area contributed by atoms with Gasteiger partial charge in [-0.1, -0.05) is 48.8 Å². The van der Waals surface area contributed by atoms with E-state index >= 15 is 0 Å². The molecular formula is C20H27BrN2O3. The highest BCUT2D eigenvalue weighted by Crippen LogP contribution is 2.29. The minimum Gasteiger partial charge on any atom is -0.370 e. The van der Waals surface area contributed by atoms with Crippen LogP contribution in [0, 0.1) is 5.41 Å². The van der Waals surface area contributed by atoms with Crippen LogP contribution in [-0.2, 0) is 14.3 Å². The van der Waals surface area contributed by atoms with Gasteiger partial charge in [-0.2, -0.15) is 0 Å². The van der Waals surface area contributed by atoms with E-state index in [1.54, 1.807) is 4.90 Å². The lowest BCUT2D eigenvalue weighted by atomic mass is 9.94. The molecule has 1 aromatic rings. The van der Waals surface area contributed by atoms with E-state index in [2.05, 4.69) is 15.9 Å². The molecule has 2 aliphatic rings. The zero-order valence-corrected chi connectivity index (χ0v) is 17.3. The van der Waals surface area contributed by atoms with Crippen LogP contribution >= 0.6 is 15.9 Å². The third-order valence-electron chi connectivity index (χ3n) is 5.06. The third kappa shape index (κ3) is 4.12. The van der Waals surface area contributed by atoms with Gasteiger partial charge in [0.05, 0.1) is 13.2 Å². The molecule has 0 aliphatic carbocycles. The van der Waals surface area contributed by atoms with Crippen LogP contribution in [0.15, 0.2) is 28.7 Å². The van der Waals surface area contributed by atoms with E-state index in [9.17, 15) is 9.59 Å². The number of carbonyl (C=O) groups excluding carboxylic acids is 2. The van der Waals surface area contributed by atoms with Crippen molar-refractivity contribution in [3.05, 3.63) is 34.3 Å². The van der Waals surface area contributed by atoms with Gasteiger partial charge in [-0.05, 0) is 30.5 Å². The van der Waals surface area contributed by atoms with Gasteiger partial charge in [0.15, 0.2) is 0 Å². The number of carbonyl (C=O) groups is 2. The highest BCUT2D eigenvalue weighted by atomic mass is 79.9. The van der Waals surface area contributed by atoms with Crippen molar-refractivity contribution in [3.63, 3.8) is 0 Å². The lowest BCUT2D eigenvalue weighted by Gasteiger charge is -2.37. The van der Waals surface area contributed by atoms with Gasteiger partial charge < -0.3 is 14.5 Å². The predicted octanol–water partition coefficient (Wildman–Crippen LogP) is 3.39. The zero-order chi connectivity index (χ0) is 18.9. The summed E-state index contributed by atoms with van der Waals surface area (Å²) in [5.41, 5.74) is 0.605. The van der Waals surface area contributed by atoms with Gasteiger partial charge in [-0.3, -0.25) is 9.59 Å². The summed E-state index contributed by atoms with van der Waals surface area (Å²) in [5, 5.41) is 0. The van der Waals surface area contributed by atoms with Crippen molar-refractivity contribution in [1.82, 2.24) is 9.80 Å². The topological polar surface area (TPSA) is 49.9 Å². The lowest BCUT2D eigenvalue weighted by Crippen LogP contribution is -2.53. The standard InChI is InChI=1S/C20H27BrN2O3/c1-20(2,3)19(25)23-10-4-5-16(23)18(24)22-11-12-26-17(13-22)14-6-8-15(21)9-7-14/h6-9,16-17H,4-5,10-13H2,1-3H3. The molecule has 1 aromatic carbocycles. The number of ether oxygens (including phenoxy) is 1. The van der Waals surface area contributed by atoms with E-state index in [4.69, 9.17) is 4.74 Å². The number of rotatable bonds is 2. The number of halogens is 1.